The van der Waals surface area contributed by atoms with Crippen molar-refractivity contribution in [3.05, 3.63) is 40.7 Å². The van der Waals surface area contributed by atoms with Gasteiger partial charge in [0, 0.05) is 5.56 Å². The Kier molecular flexibility index (Phi) is 1.94. The van der Waals surface area contributed by atoms with Gasteiger partial charge >= 0.3 is 0 Å². The molecule has 0 fully saturated rings. The van der Waals surface area contributed by atoms with Crippen LogP contribution in [0, 0.1) is 0 Å². The van der Waals surface area contributed by atoms with Crippen molar-refractivity contribution in [2.45, 2.75) is 6.10 Å². The molecule has 0 radical (unpaired) electrons. The minimum Gasteiger partial charge on any atom is -0.480 e. The Morgan fingerprint density at radius 3 is 2.77 bits per heavy atom. The van der Waals surface area contributed by atoms with Crippen LogP contribution in [0.4, 0.5) is 0 Å². The van der Waals surface area contributed by atoms with Gasteiger partial charge < -0.3 is 14.9 Å². The van der Waals surface area contributed by atoms with Crippen molar-refractivity contribution in [3.63, 3.8) is 0 Å². The van der Waals surface area contributed by atoms with Gasteiger partial charge in [0.2, 0.25) is 0 Å². The van der Waals surface area contributed by atoms with Crippen LogP contribution in [0.15, 0.2) is 35.1 Å². The van der Waals surface area contributed by atoms with Gasteiger partial charge in [-0.3, -0.25) is 0 Å². The van der Waals surface area contributed by atoms with Crippen molar-refractivity contribution in [1.82, 2.24) is 0 Å². The lowest BCUT2D eigenvalue weighted by Crippen LogP contribution is -2.12. The first-order chi connectivity index (χ1) is 6.20. The topological polar surface area (TPSA) is 49.7 Å². The molecule has 1 aromatic carbocycles. The number of ether oxygens (including phenoxy) is 1. The number of fused-ring (bicyclic) bond motifs is 1. The zero-order valence-electron chi connectivity index (χ0n) is 6.64. The second-order valence-corrected chi connectivity index (χ2v) is 3.21. The number of thiol groups is 1. The summed E-state index contributed by atoms with van der Waals surface area (Å²) in [5.41, 5.74) is 0.616. The SMILES string of the molecule is OC1=C(S)C(O)c2ccccc2O1. The van der Waals surface area contributed by atoms with Crippen LogP contribution in [0.5, 0.6) is 5.75 Å². The van der Waals surface area contributed by atoms with Gasteiger partial charge in [-0.05, 0) is 6.07 Å². The summed E-state index contributed by atoms with van der Waals surface area (Å²) in [5, 5.41) is 18.8. The molecule has 13 heavy (non-hydrogen) atoms. The van der Waals surface area contributed by atoms with Crippen LogP contribution < -0.4 is 4.74 Å². The van der Waals surface area contributed by atoms with Gasteiger partial charge in [0.1, 0.15) is 11.9 Å². The fraction of sp³-hybridized carbons (Fsp3) is 0.111. The Morgan fingerprint density at radius 2 is 2.00 bits per heavy atom. The molecule has 2 N–H and O–H groups in total. The van der Waals surface area contributed by atoms with E-state index in [4.69, 9.17) is 4.74 Å². The summed E-state index contributed by atoms with van der Waals surface area (Å²) in [4.78, 5) is 0.138. The summed E-state index contributed by atoms with van der Waals surface area (Å²) >= 11 is 3.93. The Hall–Kier alpha value is -1.13. The molecule has 0 bridgehead atoms. The minimum atomic E-state index is -0.895. The molecule has 0 saturated carbocycles. The number of para-hydroxylation sites is 1. The average Bonchev–Trinajstić information content (AvgIpc) is 2.15. The van der Waals surface area contributed by atoms with E-state index in [1.807, 2.05) is 0 Å². The number of hydrogen-bond donors (Lipinski definition) is 3. The highest BCUT2D eigenvalue weighted by atomic mass is 32.1. The van der Waals surface area contributed by atoms with Gasteiger partial charge in [0.25, 0.3) is 5.95 Å². The highest BCUT2D eigenvalue weighted by Gasteiger charge is 2.25. The molecule has 3 nitrogen and oxygen atoms in total. The van der Waals surface area contributed by atoms with E-state index in [1.54, 1.807) is 24.3 Å². The van der Waals surface area contributed by atoms with Crippen molar-refractivity contribution < 1.29 is 14.9 Å². The van der Waals surface area contributed by atoms with Gasteiger partial charge in [-0.25, -0.2) is 0 Å². The highest BCUT2D eigenvalue weighted by Crippen LogP contribution is 2.37. The molecule has 1 aliphatic rings. The van der Waals surface area contributed by atoms with E-state index >= 15 is 0 Å². The maximum absolute atomic E-state index is 9.63. The first-order valence-electron chi connectivity index (χ1n) is 3.77. The Balaban J connectivity index is 2.52. The van der Waals surface area contributed by atoms with E-state index in [1.165, 1.54) is 0 Å². The summed E-state index contributed by atoms with van der Waals surface area (Å²) in [6, 6.07) is 6.95. The molecule has 1 aromatic rings. The maximum Gasteiger partial charge on any atom is 0.295 e. The van der Waals surface area contributed by atoms with Crippen LogP contribution in [0.1, 0.15) is 11.7 Å². The highest BCUT2D eigenvalue weighted by molar-refractivity contribution is 7.84. The molecular formula is C9H8O3S. The molecule has 1 atom stereocenters. The fourth-order valence-electron chi connectivity index (χ4n) is 1.22. The van der Waals surface area contributed by atoms with Crippen LogP contribution in [0.3, 0.4) is 0 Å². The number of benzene rings is 1. The van der Waals surface area contributed by atoms with E-state index in [0.717, 1.165) is 0 Å². The van der Waals surface area contributed by atoms with Gasteiger partial charge in [-0.15, -0.1) is 12.6 Å². The Bertz CT molecular complexity index is 373. The van der Waals surface area contributed by atoms with Crippen LogP contribution in [0.2, 0.25) is 0 Å². The lowest BCUT2D eigenvalue weighted by molar-refractivity contribution is 0.149. The molecule has 0 aliphatic carbocycles. The molecule has 0 spiro atoms. The average molecular weight is 196 g/mol. The molecule has 1 aliphatic heterocycles. The lowest BCUT2D eigenvalue weighted by atomic mass is 10.1. The molecule has 0 aromatic heterocycles. The zero-order chi connectivity index (χ0) is 9.42. The largest absolute Gasteiger partial charge is 0.480 e. The van der Waals surface area contributed by atoms with E-state index in [-0.39, 0.29) is 10.9 Å². The van der Waals surface area contributed by atoms with E-state index in [9.17, 15) is 10.2 Å². The normalized spacial score (nSPS) is 20.9. The molecule has 0 saturated heterocycles. The summed E-state index contributed by atoms with van der Waals surface area (Å²) in [7, 11) is 0. The molecule has 1 heterocycles. The number of hydrogen-bond acceptors (Lipinski definition) is 4. The summed E-state index contributed by atoms with van der Waals surface area (Å²) in [5.74, 6) is 0.125. The summed E-state index contributed by atoms with van der Waals surface area (Å²) in [6.07, 6.45) is -0.895. The lowest BCUT2D eigenvalue weighted by Gasteiger charge is -2.21. The third-order valence-electron chi connectivity index (χ3n) is 1.90. The molecule has 4 heteroatoms. The van der Waals surface area contributed by atoms with Gasteiger partial charge in [0.15, 0.2) is 0 Å². The smallest absolute Gasteiger partial charge is 0.295 e. The first kappa shape index (κ1) is 8.47. The molecule has 2 rings (SSSR count). The number of aliphatic hydroxyl groups is 2. The zero-order valence-corrected chi connectivity index (χ0v) is 7.53. The minimum absolute atomic E-state index is 0.138. The van der Waals surface area contributed by atoms with E-state index in [0.29, 0.717) is 11.3 Å². The quantitative estimate of drug-likeness (QED) is 0.554. The van der Waals surface area contributed by atoms with Crippen LogP contribution in [-0.2, 0) is 0 Å². The molecule has 68 valence electrons. The summed E-state index contributed by atoms with van der Waals surface area (Å²) < 4.78 is 5.01. The monoisotopic (exact) mass is 196 g/mol. The predicted molar refractivity (Wildman–Crippen MR) is 50.7 cm³/mol. The first-order valence-corrected chi connectivity index (χ1v) is 4.22. The van der Waals surface area contributed by atoms with Crippen molar-refractivity contribution in [2.24, 2.45) is 0 Å². The Labute approximate surface area is 80.7 Å². The van der Waals surface area contributed by atoms with E-state index in [2.05, 4.69) is 12.6 Å². The third kappa shape index (κ3) is 1.28. The number of rotatable bonds is 0. The predicted octanol–water partition coefficient (Wildman–Crippen LogP) is 1.77. The van der Waals surface area contributed by atoms with Gasteiger partial charge in [-0.1, -0.05) is 18.2 Å². The van der Waals surface area contributed by atoms with Crippen molar-refractivity contribution in [3.8, 4) is 5.75 Å². The molecule has 1 unspecified atom stereocenters. The van der Waals surface area contributed by atoms with Crippen LogP contribution >= 0.6 is 12.6 Å². The maximum atomic E-state index is 9.63. The van der Waals surface area contributed by atoms with Gasteiger partial charge in [-0.2, -0.15) is 0 Å². The molecule has 0 amide bonds. The second-order valence-electron chi connectivity index (χ2n) is 2.73. The third-order valence-corrected chi connectivity index (χ3v) is 2.33. The van der Waals surface area contributed by atoms with Gasteiger partial charge in [0.05, 0.1) is 4.91 Å². The van der Waals surface area contributed by atoms with E-state index < -0.39 is 6.10 Å². The summed E-state index contributed by atoms with van der Waals surface area (Å²) in [6.45, 7) is 0. The van der Waals surface area contributed by atoms with Crippen molar-refractivity contribution >= 4 is 12.6 Å². The molecular weight excluding hydrogens is 188 g/mol. The Morgan fingerprint density at radius 1 is 1.31 bits per heavy atom. The fourth-order valence-corrected chi connectivity index (χ4v) is 1.40. The standard InChI is InChI=1S/C9H8O3S/c10-7-5-3-1-2-4-6(5)12-9(11)8(7)13/h1-4,7,10-11,13H. The van der Waals surface area contributed by atoms with Crippen LogP contribution in [-0.4, -0.2) is 10.2 Å². The van der Waals surface area contributed by atoms with Crippen molar-refractivity contribution in [1.29, 1.82) is 0 Å². The van der Waals surface area contributed by atoms with Crippen LogP contribution in [0.25, 0.3) is 0 Å². The number of aliphatic hydroxyl groups excluding tert-OH is 2. The second kappa shape index (κ2) is 2.97. The van der Waals surface area contributed by atoms with Crippen molar-refractivity contribution in [2.75, 3.05) is 0 Å².